The number of nitrogens with one attached hydrogen (secondary N) is 1. The van der Waals surface area contributed by atoms with E-state index < -0.39 is 0 Å². The van der Waals surface area contributed by atoms with Gasteiger partial charge >= 0.3 is 0 Å². The molecule has 26 heavy (non-hydrogen) atoms. The molecule has 0 bridgehead atoms. The normalized spacial score (nSPS) is 20.7. The number of fused-ring (bicyclic) bond motifs is 1. The second-order valence-electron chi connectivity index (χ2n) is 7.19. The molecule has 2 aromatic rings. The van der Waals surface area contributed by atoms with Crippen molar-refractivity contribution in [2.75, 3.05) is 18.8 Å². The first-order valence-electron chi connectivity index (χ1n) is 9.42. The van der Waals surface area contributed by atoms with Crippen LogP contribution < -0.4 is 5.32 Å². The van der Waals surface area contributed by atoms with Gasteiger partial charge in [0.1, 0.15) is 0 Å². The van der Waals surface area contributed by atoms with Crippen molar-refractivity contribution in [1.29, 1.82) is 0 Å². The summed E-state index contributed by atoms with van der Waals surface area (Å²) >= 11 is 1.50. The van der Waals surface area contributed by atoms with Crippen molar-refractivity contribution >= 4 is 17.7 Å². The van der Waals surface area contributed by atoms with Gasteiger partial charge in [-0.15, -0.1) is 0 Å². The molecule has 0 spiro atoms. The number of carbonyl (C=O) groups excluding carboxylic acids is 1. The average molecular weight is 368 g/mol. The zero-order chi connectivity index (χ0) is 17.8. The summed E-state index contributed by atoms with van der Waals surface area (Å²) in [4.78, 5) is 19.2. The van der Waals surface area contributed by atoms with Crippen molar-refractivity contribution in [1.82, 2.24) is 15.2 Å². The van der Waals surface area contributed by atoms with Crippen LogP contribution in [0.25, 0.3) is 0 Å². The summed E-state index contributed by atoms with van der Waals surface area (Å²) in [6.07, 6.45) is 6.29. The molecule has 0 unspecified atom stereocenters. The third-order valence-corrected chi connectivity index (χ3v) is 6.30. The van der Waals surface area contributed by atoms with Crippen LogP contribution in [-0.4, -0.2) is 46.7 Å². The molecule has 1 saturated heterocycles. The Hall–Kier alpha value is -1.85. The Bertz CT molecular complexity index is 727. The van der Waals surface area contributed by atoms with Crippen molar-refractivity contribution in [3.8, 4) is 0 Å². The first-order chi connectivity index (χ1) is 12.8. The maximum absolute atomic E-state index is 12.3. The predicted molar refractivity (Wildman–Crippen MR) is 105 cm³/mol. The molecule has 1 fully saturated rings. The highest BCUT2D eigenvalue weighted by Gasteiger charge is 2.30. The number of hydrogen-bond donors (Lipinski definition) is 1. The molecule has 1 aliphatic carbocycles. The van der Waals surface area contributed by atoms with Crippen LogP contribution >= 0.6 is 11.8 Å². The lowest BCUT2D eigenvalue weighted by atomic mass is 10.0. The lowest BCUT2D eigenvalue weighted by Crippen LogP contribution is -2.51. The van der Waals surface area contributed by atoms with Crippen molar-refractivity contribution in [2.24, 2.45) is 0 Å². The summed E-state index contributed by atoms with van der Waals surface area (Å²) in [5, 5.41) is 4.13. The van der Waals surface area contributed by atoms with Crippen LogP contribution in [0.2, 0.25) is 0 Å². The zero-order valence-corrected chi connectivity index (χ0v) is 15.8. The number of thioether (sulfide) groups is 1. The van der Waals surface area contributed by atoms with E-state index in [4.69, 9.17) is 0 Å². The summed E-state index contributed by atoms with van der Waals surface area (Å²) in [5.74, 6) is 0.546. The van der Waals surface area contributed by atoms with E-state index in [1.54, 1.807) is 6.20 Å². The second-order valence-corrected chi connectivity index (χ2v) is 8.18. The van der Waals surface area contributed by atoms with Gasteiger partial charge in [0.25, 0.3) is 0 Å². The third-order valence-electron chi connectivity index (χ3n) is 5.35. The Labute approximate surface area is 159 Å². The van der Waals surface area contributed by atoms with Gasteiger partial charge in [0, 0.05) is 24.8 Å². The lowest BCUT2D eigenvalue weighted by molar-refractivity contribution is -0.119. The molecule has 1 aliphatic heterocycles. The number of pyridine rings is 1. The predicted octanol–water partition coefficient (Wildman–Crippen LogP) is 2.92. The molecule has 5 heteroatoms. The van der Waals surface area contributed by atoms with E-state index in [1.165, 1.54) is 22.9 Å². The van der Waals surface area contributed by atoms with Gasteiger partial charge in [0.05, 0.1) is 10.8 Å². The molecule has 1 atom stereocenters. The van der Waals surface area contributed by atoms with E-state index in [2.05, 4.69) is 39.5 Å². The fourth-order valence-electron chi connectivity index (χ4n) is 4.09. The number of likely N-dealkylation sites (tertiary alicyclic amines) is 1. The number of amides is 1. The molecule has 2 aliphatic rings. The molecule has 1 aromatic carbocycles. The third kappa shape index (κ3) is 4.27. The highest BCUT2D eigenvalue weighted by molar-refractivity contribution is 7.99. The molecular formula is C21H25N3OS. The molecule has 4 rings (SSSR count). The van der Waals surface area contributed by atoms with Crippen LogP contribution in [0.1, 0.15) is 24.0 Å². The van der Waals surface area contributed by atoms with Gasteiger partial charge in [-0.05, 0) is 55.5 Å². The van der Waals surface area contributed by atoms with Crippen LogP contribution in [0, 0.1) is 0 Å². The zero-order valence-electron chi connectivity index (χ0n) is 14.9. The largest absolute Gasteiger partial charge is 0.351 e. The van der Waals surface area contributed by atoms with Crippen LogP contribution in [-0.2, 0) is 17.6 Å². The summed E-state index contributed by atoms with van der Waals surface area (Å²) < 4.78 is 0. The standard InChI is InChI=1S/C21H25N3OS/c25-20(15-26-21-9-3-4-10-22-21)23-18-8-5-11-24(14-18)19-12-16-6-1-2-7-17(16)13-19/h1-4,6-7,9-10,18-19H,5,8,11-15H2,(H,23,25)/t18-/m1/s1. The number of rotatable bonds is 5. The topological polar surface area (TPSA) is 45.2 Å². The van der Waals surface area contributed by atoms with E-state index in [0.717, 1.165) is 43.8 Å². The lowest BCUT2D eigenvalue weighted by Gasteiger charge is -2.37. The van der Waals surface area contributed by atoms with Crippen molar-refractivity contribution in [3.63, 3.8) is 0 Å². The maximum Gasteiger partial charge on any atom is 0.230 e. The van der Waals surface area contributed by atoms with Gasteiger partial charge < -0.3 is 5.32 Å². The van der Waals surface area contributed by atoms with Crippen LogP contribution in [0.4, 0.5) is 0 Å². The van der Waals surface area contributed by atoms with E-state index in [0.29, 0.717) is 11.8 Å². The van der Waals surface area contributed by atoms with Crippen molar-refractivity contribution < 1.29 is 4.79 Å². The second kappa shape index (κ2) is 8.23. The molecule has 4 nitrogen and oxygen atoms in total. The average Bonchev–Trinajstić information content (AvgIpc) is 3.12. The van der Waals surface area contributed by atoms with E-state index in [1.807, 2.05) is 18.2 Å². The molecule has 1 amide bonds. The molecule has 2 heterocycles. The van der Waals surface area contributed by atoms with Gasteiger partial charge in [-0.3, -0.25) is 9.69 Å². The van der Waals surface area contributed by atoms with Crippen molar-refractivity contribution in [3.05, 3.63) is 59.8 Å². The van der Waals surface area contributed by atoms with Gasteiger partial charge in [-0.25, -0.2) is 4.98 Å². The summed E-state index contributed by atoms with van der Waals surface area (Å²) in [6, 6.07) is 15.4. The number of benzene rings is 1. The van der Waals surface area contributed by atoms with Crippen LogP contribution in [0.5, 0.6) is 0 Å². The number of nitrogens with zero attached hydrogens (tertiary/aromatic N) is 2. The highest BCUT2D eigenvalue weighted by Crippen LogP contribution is 2.27. The number of piperidine rings is 1. The van der Waals surface area contributed by atoms with Gasteiger partial charge in [-0.1, -0.05) is 42.1 Å². The van der Waals surface area contributed by atoms with Gasteiger partial charge in [0.2, 0.25) is 5.91 Å². The Morgan fingerprint density at radius 1 is 1.15 bits per heavy atom. The summed E-state index contributed by atoms with van der Waals surface area (Å²) in [5.41, 5.74) is 2.99. The van der Waals surface area contributed by atoms with Crippen LogP contribution in [0.3, 0.4) is 0 Å². The fraction of sp³-hybridized carbons (Fsp3) is 0.429. The minimum absolute atomic E-state index is 0.113. The quantitative estimate of drug-likeness (QED) is 0.826. The number of hydrogen-bond acceptors (Lipinski definition) is 4. The first kappa shape index (κ1) is 17.6. The molecular weight excluding hydrogens is 342 g/mol. The Morgan fingerprint density at radius 2 is 1.92 bits per heavy atom. The highest BCUT2D eigenvalue weighted by atomic mass is 32.2. The van der Waals surface area contributed by atoms with Crippen molar-refractivity contribution in [2.45, 2.75) is 42.8 Å². The smallest absolute Gasteiger partial charge is 0.230 e. The van der Waals surface area contributed by atoms with E-state index >= 15 is 0 Å². The Morgan fingerprint density at radius 3 is 2.65 bits per heavy atom. The SMILES string of the molecule is O=C(CSc1ccccn1)N[C@@H]1CCCN(C2Cc3ccccc3C2)C1. The molecule has 136 valence electrons. The molecule has 0 radical (unpaired) electrons. The molecule has 0 saturated carbocycles. The van der Waals surface area contributed by atoms with Gasteiger partial charge in [-0.2, -0.15) is 0 Å². The Balaban J connectivity index is 1.27. The van der Waals surface area contributed by atoms with E-state index in [9.17, 15) is 4.79 Å². The number of carbonyl (C=O) groups is 1. The van der Waals surface area contributed by atoms with Crippen LogP contribution in [0.15, 0.2) is 53.7 Å². The first-order valence-corrected chi connectivity index (χ1v) is 10.4. The van der Waals surface area contributed by atoms with Gasteiger partial charge in [0.15, 0.2) is 0 Å². The fourth-order valence-corrected chi connectivity index (χ4v) is 4.76. The minimum atomic E-state index is 0.113. The maximum atomic E-state index is 12.3. The number of aromatic nitrogens is 1. The monoisotopic (exact) mass is 367 g/mol. The molecule has 1 aromatic heterocycles. The Kier molecular flexibility index (Phi) is 5.56. The minimum Gasteiger partial charge on any atom is -0.351 e. The summed E-state index contributed by atoms with van der Waals surface area (Å²) in [7, 11) is 0. The summed E-state index contributed by atoms with van der Waals surface area (Å²) in [6.45, 7) is 2.12. The van der Waals surface area contributed by atoms with E-state index in [-0.39, 0.29) is 11.9 Å². The molecule has 1 N–H and O–H groups in total.